The number of amides is 1. The fourth-order valence-electron chi connectivity index (χ4n) is 2.34. The molecule has 0 bridgehead atoms. The van der Waals surface area contributed by atoms with Crippen molar-refractivity contribution < 1.29 is 31.4 Å². The number of sulfonamides is 1. The zero-order valence-electron chi connectivity index (χ0n) is 14.5. The van der Waals surface area contributed by atoms with Crippen LogP contribution in [0.15, 0.2) is 47.6 Å². The molecular formula is C16H11Cl2F3N5O3S+. The second-order valence-corrected chi connectivity index (χ2v) is 8.30. The zero-order valence-corrected chi connectivity index (χ0v) is 16.8. The van der Waals surface area contributed by atoms with Crippen molar-refractivity contribution in [3.05, 3.63) is 64.0 Å². The molecule has 0 spiro atoms. The first-order valence-electron chi connectivity index (χ1n) is 7.89. The van der Waals surface area contributed by atoms with E-state index in [0.29, 0.717) is 6.07 Å². The van der Waals surface area contributed by atoms with Crippen LogP contribution in [0.4, 0.5) is 24.7 Å². The van der Waals surface area contributed by atoms with E-state index in [1.165, 1.54) is 18.5 Å². The Morgan fingerprint density at radius 2 is 1.90 bits per heavy atom. The summed E-state index contributed by atoms with van der Waals surface area (Å²) in [6, 6.07) is 4.68. The van der Waals surface area contributed by atoms with Gasteiger partial charge in [0, 0.05) is 6.07 Å². The van der Waals surface area contributed by atoms with Gasteiger partial charge in [0.25, 0.3) is 15.7 Å². The standard InChI is InChI=1S/C16H10Cl2F3N5O3S/c17-8-5-12(14(22-7-8)15(27)24-13-3-4-23-25-13)26-30(28,29)9-1-2-11(18)10(6-9)16(19,20)21/h1-7,26H,(H2,23,24,25,27)/p+1. The van der Waals surface area contributed by atoms with E-state index >= 15 is 0 Å². The molecule has 0 unspecified atom stereocenters. The number of halogens is 5. The van der Waals surface area contributed by atoms with Gasteiger partial charge in [0.05, 0.1) is 21.7 Å². The van der Waals surface area contributed by atoms with E-state index < -0.39 is 37.6 Å². The van der Waals surface area contributed by atoms with Gasteiger partial charge >= 0.3 is 12.1 Å². The van der Waals surface area contributed by atoms with E-state index in [1.807, 2.05) is 0 Å². The minimum Gasteiger partial charge on any atom is -0.302 e. The Morgan fingerprint density at radius 1 is 1.17 bits per heavy atom. The summed E-state index contributed by atoms with van der Waals surface area (Å²) in [5.74, 6) is -0.537. The third-order valence-electron chi connectivity index (χ3n) is 3.68. The van der Waals surface area contributed by atoms with Crippen molar-refractivity contribution in [2.75, 3.05) is 10.0 Å². The predicted molar refractivity (Wildman–Crippen MR) is 102 cm³/mol. The lowest BCUT2D eigenvalue weighted by atomic mass is 10.2. The minimum absolute atomic E-state index is 0.0397. The number of carbonyl (C=O) groups excluding carboxylic acids is 1. The van der Waals surface area contributed by atoms with Crippen LogP contribution in [-0.2, 0) is 16.2 Å². The highest BCUT2D eigenvalue weighted by atomic mass is 35.5. The van der Waals surface area contributed by atoms with Crippen LogP contribution >= 0.6 is 23.2 Å². The van der Waals surface area contributed by atoms with Crippen LogP contribution in [0, 0.1) is 0 Å². The van der Waals surface area contributed by atoms with Crippen LogP contribution in [-0.4, -0.2) is 24.5 Å². The van der Waals surface area contributed by atoms with E-state index in [0.717, 1.165) is 18.2 Å². The number of nitrogens with one attached hydrogen (secondary N) is 4. The topological polar surface area (TPSA) is 118 Å². The van der Waals surface area contributed by atoms with E-state index in [4.69, 9.17) is 23.2 Å². The van der Waals surface area contributed by atoms with Crippen LogP contribution in [0.3, 0.4) is 0 Å². The lowest BCUT2D eigenvalue weighted by molar-refractivity contribution is -0.380. The van der Waals surface area contributed by atoms with Gasteiger partial charge in [-0.25, -0.2) is 13.4 Å². The Morgan fingerprint density at radius 3 is 2.53 bits per heavy atom. The van der Waals surface area contributed by atoms with Gasteiger partial charge in [-0.2, -0.15) is 18.3 Å². The van der Waals surface area contributed by atoms with Crippen LogP contribution in [0.1, 0.15) is 16.1 Å². The van der Waals surface area contributed by atoms with Crippen LogP contribution in [0.25, 0.3) is 0 Å². The molecule has 2 aromatic heterocycles. The van der Waals surface area contributed by atoms with Crippen molar-refractivity contribution >= 4 is 50.6 Å². The molecule has 0 aliphatic carbocycles. The molecule has 30 heavy (non-hydrogen) atoms. The molecule has 1 aromatic carbocycles. The van der Waals surface area contributed by atoms with E-state index in [2.05, 4.69) is 25.2 Å². The molecule has 8 nitrogen and oxygen atoms in total. The van der Waals surface area contributed by atoms with Gasteiger partial charge in [-0.05, 0) is 24.3 Å². The number of nitrogens with zero attached hydrogens (tertiary/aromatic N) is 1. The van der Waals surface area contributed by atoms with Crippen LogP contribution in [0.5, 0.6) is 0 Å². The van der Waals surface area contributed by atoms with Crippen LogP contribution < -0.4 is 15.0 Å². The summed E-state index contributed by atoms with van der Waals surface area (Å²) in [6.45, 7) is 0. The molecule has 0 aliphatic rings. The summed E-state index contributed by atoms with van der Waals surface area (Å²) in [6.07, 6.45) is -2.25. The second kappa shape index (κ2) is 8.13. The molecule has 1 amide bonds. The maximum atomic E-state index is 13.1. The van der Waals surface area contributed by atoms with Gasteiger partial charge in [-0.15, -0.1) is 0 Å². The Bertz CT molecular complexity index is 1200. The molecule has 2 heterocycles. The Hall–Kier alpha value is -2.83. The number of aromatic nitrogens is 3. The second-order valence-electron chi connectivity index (χ2n) is 5.78. The van der Waals surface area contributed by atoms with Crippen molar-refractivity contribution in [3.8, 4) is 0 Å². The number of rotatable bonds is 5. The first-order valence-corrected chi connectivity index (χ1v) is 10.1. The first-order chi connectivity index (χ1) is 14.0. The molecule has 14 heteroatoms. The Balaban J connectivity index is 1.97. The number of hydrogen-bond acceptors (Lipinski definition) is 4. The molecule has 4 N–H and O–H groups in total. The lowest BCUT2D eigenvalue weighted by Gasteiger charge is -2.13. The van der Waals surface area contributed by atoms with Gasteiger partial charge in [0.1, 0.15) is 16.5 Å². The van der Waals surface area contributed by atoms with Crippen molar-refractivity contribution in [2.24, 2.45) is 0 Å². The highest BCUT2D eigenvalue weighted by Gasteiger charge is 2.35. The number of aromatic amines is 2. The molecule has 0 fully saturated rings. The molecule has 0 saturated heterocycles. The van der Waals surface area contributed by atoms with Gasteiger partial charge in [0.2, 0.25) is 0 Å². The predicted octanol–water partition coefficient (Wildman–Crippen LogP) is 3.60. The fourth-order valence-corrected chi connectivity index (χ4v) is 3.82. The smallest absolute Gasteiger partial charge is 0.302 e. The van der Waals surface area contributed by atoms with Crippen molar-refractivity contribution in [2.45, 2.75) is 11.1 Å². The Kier molecular flexibility index (Phi) is 5.92. The number of carbonyl (C=O) groups is 1. The third kappa shape index (κ3) is 4.83. The normalized spacial score (nSPS) is 11.9. The molecule has 0 atom stereocenters. The number of anilines is 2. The average molecular weight is 481 g/mol. The fraction of sp³-hybridized carbons (Fsp3) is 0.0625. The number of pyridine rings is 1. The zero-order chi connectivity index (χ0) is 22.1. The van der Waals surface area contributed by atoms with Crippen molar-refractivity contribution in [1.82, 2.24) is 10.2 Å². The summed E-state index contributed by atoms with van der Waals surface area (Å²) in [7, 11) is -4.54. The van der Waals surface area contributed by atoms with Crippen molar-refractivity contribution in [1.29, 1.82) is 0 Å². The quantitative estimate of drug-likeness (QED) is 0.516. The molecule has 0 saturated carbocycles. The Labute approximate surface area is 177 Å². The highest BCUT2D eigenvalue weighted by molar-refractivity contribution is 7.92. The van der Waals surface area contributed by atoms with Crippen LogP contribution in [0.2, 0.25) is 10.0 Å². The highest BCUT2D eigenvalue weighted by Crippen LogP contribution is 2.36. The summed E-state index contributed by atoms with van der Waals surface area (Å²) < 4.78 is 66.6. The third-order valence-corrected chi connectivity index (χ3v) is 5.59. The molecule has 3 rings (SSSR count). The maximum Gasteiger partial charge on any atom is 0.417 e. The summed E-state index contributed by atoms with van der Waals surface area (Å²) in [4.78, 5) is 14.3. The van der Waals surface area contributed by atoms with Crippen molar-refractivity contribution in [3.63, 3.8) is 0 Å². The maximum absolute atomic E-state index is 13.1. The van der Waals surface area contributed by atoms with Gasteiger partial charge < -0.3 is 5.32 Å². The average Bonchev–Trinajstić information content (AvgIpc) is 3.13. The number of alkyl halides is 3. The SMILES string of the molecule is O=C(Nc1ccn[nH]1)c1[nH+]cc(Cl)cc1NS(=O)(=O)c1ccc(Cl)c(C(F)(F)F)c1. The number of benzene rings is 1. The molecule has 158 valence electrons. The molecular weight excluding hydrogens is 470 g/mol. The molecule has 0 aliphatic heterocycles. The van der Waals surface area contributed by atoms with Gasteiger partial charge in [0.15, 0.2) is 6.20 Å². The molecule has 0 radical (unpaired) electrons. The van der Waals surface area contributed by atoms with E-state index in [9.17, 15) is 26.4 Å². The number of H-pyrrole nitrogens is 2. The van der Waals surface area contributed by atoms with Gasteiger partial charge in [-0.1, -0.05) is 23.2 Å². The molecule has 3 aromatic rings. The number of hydrogen-bond donors (Lipinski definition) is 3. The summed E-state index contributed by atoms with van der Waals surface area (Å²) >= 11 is 11.4. The minimum atomic E-state index is -4.86. The largest absolute Gasteiger partial charge is 0.417 e. The summed E-state index contributed by atoms with van der Waals surface area (Å²) in [5, 5.41) is 7.96. The monoisotopic (exact) mass is 480 g/mol. The van der Waals surface area contributed by atoms with E-state index in [1.54, 1.807) is 0 Å². The lowest BCUT2D eigenvalue weighted by Crippen LogP contribution is -2.27. The summed E-state index contributed by atoms with van der Waals surface area (Å²) in [5.41, 5.74) is -1.85. The van der Waals surface area contributed by atoms with E-state index in [-0.39, 0.29) is 22.2 Å². The first kappa shape index (κ1) is 21.9. The van der Waals surface area contributed by atoms with Gasteiger partial charge in [-0.3, -0.25) is 14.6 Å².